The molecule has 0 aromatic heterocycles. The smallest absolute Gasteiger partial charge is 0.224 e. The molecule has 0 aliphatic heterocycles. The number of aldehydes is 1. The predicted octanol–water partition coefficient (Wildman–Crippen LogP) is -3.91. The Bertz CT molecular complexity index is 259. The summed E-state index contributed by atoms with van der Waals surface area (Å²) in [6, 6.07) is 0. The third-order valence-corrected chi connectivity index (χ3v) is 1.91. The third-order valence-electron chi connectivity index (χ3n) is 1.91. The molecule has 0 radical (unpaired) electrons. The number of aliphatic hydroxyl groups is 5. The zero-order valence-electron chi connectivity index (χ0n) is 8.57. The first-order valence-corrected chi connectivity index (χ1v) is 4.41. The highest BCUT2D eigenvalue weighted by molar-refractivity contribution is 5.79. The molecule has 0 saturated carbocycles. The molecule has 8 nitrogen and oxygen atoms in total. The maximum absolute atomic E-state index is 10.7. The number of nitrogens with one attached hydrogen (secondary N) is 1. The fourth-order valence-corrected chi connectivity index (χ4v) is 1.03. The van der Waals surface area contributed by atoms with Gasteiger partial charge in [-0.2, -0.15) is 0 Å². The molecule has 8 heteroatoms. The summed E-state index contributed by atoms with van der Waals surface area (Å²) in [5.41, 5.74) is -2.72. The molecule has 0 aliphatic rings. The van der Waals surface area contributed by atoms with E-state index in [0.717, 1.165) is 6.92 Å². The van der Waals surface area contributed by atoms with Crippen LogP contribution in [-0.2, 0) is 9.59 Å². The molecule has 0 aromatic rings. The van der Waals surface area contributed by atoms with Gasteiger partial charge in [0, 0.05) is 6.92 Å². The SMILES string of the molecule is CC(=O)N[C@](O)(C=O)[C@@H](O)[C@@H](O)[C@H](O)CO. The summed E-state index contributed by atoms with van der Waals surface area (Å²) in [5.74, 6) is -0.820. The molecule has 94 valence electrons. The van der Waals surface area contributed by atoms with Gasteiger partial charge in [0.05, 0.1) is 6.61 Å². The first-order chi connectivity index (χ1) is 7.28. The molecule has 0 aromatic carbocycles. The summed E-state index contributed by atoms with van der Waals surface area (Å²) < 4.78 is 0. The number of hydrogen-bond acceptors (Lipinski definition) is 7. The number of aliphatic hydroxyl groups excluding tert-OH is 4. The number of carbonyl (C=O) groups is 2. The summed E-state index contributed by atoms with van der Waals surface area (Å²) in [6.07, 6.45) is -6.11. The van der Waals surface area contributed by atoms with Gasteiger partial charge >= 0.3 is 0 Å². The Kier molecular flexibility index (Phi) is 5.48. The van der Waals surface area contributed by atoms with E-state index in [-0.39, 0.29) is 6.29 Å². The topological polar surface area (TPSA) is 147 Å². The Hall–Kier alpha value is -1.06. The van der Waals surface area contributed by atoms with Crippen molar-refractivity contribution < 1.29 is 35.1 Å². The summed E-state index contributed by atoms with van der Waals surface area (Å²) in [5, 5.41) is 47.3. The second-order valence-corrected chi connectivity index (χ2v) is 3.31. The number of amides is 1. The largest absolute Gasteiger partial charge is 0.394 e. The summed E-state index contributed by atoms with van der Waals surface area (Å²) in [6.45, 7) is 0.100. The lowest BCUT2D eigenvalue weighted by atomic mass is 9.99. The van der Waals surface area contributed by atoms with Crippen LogP contribution >= 0.6 is 0 Å². The monoisotopic (exact) mass is 237 g/mol. The van der Waals surface area contributed by atoms with Crippen molar-refractivity contribution in [1.29, 1.82) is 0 Å². The quantitative estimate of drug-likeness (QED) is 0.204. The molecule has 6 N–H and O–H groups in total. The van der Waals surface area contributed by atoms with Crippen LogP contribution in [0.25, 0.3) is 0 Å². The van der Waals surface area contributed by atoms with E-state index in [1.165, 1.54) is 0 Å². The standard InChI is InChI=1S/C8H15NO7/c1-4(12)9-8(16,3-11)7(15)6(14)5(13)2-10/h3,5-7,10,13-16H,2H2,1H3,(H,9,12)/t5-,6+,7+,8+/m1/s1. The van der Waals surface area contributed by atoms with Gasteiger partial charge in [-0.15, -0.1) is 0 Å². The Balaban J connectivity index is 4.81. The minimum atomic E-state index is -2.72. The predicted molar refractivity (Wildman–Crippen MR) is 49.9 cm³/mol. The third kappa shape index (κ3) is 3.51. The Morgan fingerprint density at radius 3 is 2.25 bits per heavy atom. The molecule has 1 amide bonds. The first kappa shape index (κ1) is 14.9. The fraction of sp³-hybridized carbons (Fsp3) is 0.750. The normalized spacial score (nSPS) is 20.4. The van der Waals surface area contributed by atoms with E-state index < -0.39 is 36.6 Å². The maximum atomic E-state index is 10.7. The van der Waals surface area contributed by atoms with E-state index in [2.05, 4.69) is 0 Å². The van der Waals surface area contributed by atoms with Gasteiger partial charge in [0.2, 0.25) is 11.6 Å². The maximum Gasteiger partial charge on any atom is 0.224 e. The minimum absolute atomic E-state index is 0.188. The van der Waals surface area contributed by atoms with E-state index >= 15 is 0 Å². The van der Waals surface area contributed by atoms with Gasteiger partial charge in [0.25, 0.3) is 0 Å². The van der Waals surface area contributed by atoms with Gasteiger partial charge in [0.15, 0.2) is 6.29 Å². The summed E-state index contributed by atoms with van der Waals surface area (Å²) >= 11 is 0. The average Bonchev–Trinajstić information content (AvgIpc) is 2.24. The van der Waals surface area contributed by atoms with Crippen LogP contribution in [0, 0.1) is 0 Å². The van der Waals surface area contributed by atoms with Crippen LogP contribution in [-0.4, -0.2) is 68.4 Å². The van der Waals surface area contributed by atoms with E-state index in [1.54, 1.807) is 5.32 Å². The van der Waals surface area contributed by atoms with Crippen LogP contribution in [0.1, 0.15) is 6.92 Å². The van der Waals surface area contributed by atoms with E-state index in [4.69, 9.17) is 10.2 Å². The molecule has 0 unspecified atom stereocenters. The lowest BCUT2D eigenvalue weighted by molar-refractivity contribution is -0.176. The van der Waals surface area contributed by atoms with Crippen LogP contribution in [0.2, 0.25) is 0 Å². The molecule has 4 atom stereocenters. The lowest BCUT2D eigenvalue weighted by Crippen LogP contribution is -2.63. The highest BCUT2D eigenvalue weighted by Crippen LogP contribution is 2.11. The molecular formula is C8H15NO7. The van der Waals surface area contributed by atoms with Gasteiger partial charge in [-0.05, 0) is 0 Å². The van der Waals surface area contributed by atoms with E-state index in [9.17, 15) is 24.9 Å². The molecule has 0 bridgehead atoms. The average molecular weight is 237 g/mol. The van der Waals surface area contributed by atoms with Crippen molar-refractivity contribution in [2.24, 2.45) is 0 Å². The first-order valence-electron chi connectivity index (χ1n) is 4.41. The zero-order valence-corrected chi connectivity index (χ0v) is 8.57. The second kappa shape index (κ2) is 5.87. The molecule has 0 rings (SSSR count). The molecule has 0 heterocycles. The van der Waals surface area contributed by atoms with Crippen LogP contribution < -0.4 is 5.32 Å². The molecule has 0 aliphatic carbocycles. The molecule has 0 spiro atoms. The Morgan fingerprint density at radius 2 is 1.94 bits per heavy atom. The Labute approximate surface area is 91.1 Å². The highest BCUT2D eigenvalue weighted by atomic mass is 16.4. The van der Waals surface area contributed by atoms with Crippen molar-refractivity contribution in [1.82, 2.24) is 5.32 Å². The number of hydrogen-bond donors (Lipinski definition) is 6. The minimum Gasteiger partial charge on any atom is -0.394 e. The van der Waals surface area contributed by atoms with Gasteiger partial charge in [-0.1, -0.05) is 0 Å². The second-order valence-electron chi connectivity index (χ2n) is 3.31. The van der Waals surface area contributed by atoms with Crippen LogP contribution in [0.4, 0.5) is 0 Å². The molecule has 0 fully saturated rings. The zero-order chi connectivity index (χ0) is 12.9. The van der Waals surface area contributed by atoms with Crippen molar-refractivity contribution >= 4 is 12.2 Å². The molecule has 0 saturated heterocycles. The number of carbonyl (C=O) groups excluding carboxylic acids is 2. The van der Waals surface area contributed by atoms with Crippen LogP contribution in [0.15, 0.2) is 0 Å². The lowest BCUT2D eigenvalue weighted by Gasteiger charge is -2.32. The van der Waals surface area contributed by atoms with Gasteiger partial charge in [0.1, 0.15) is 18.3 Å². The molecular weight excluding hydrogens is 222 g/mol. The van der Waals surface area contributed by atoms with Crippen molar-refractivity contribution in [2.75, 3.05) is 6.61 Å². The van der Waals surface area contributed by atoms with Gasteiger partial charge in [-0.3, -0.25) is 9.59 Å². The molecule has 16 heavy (non-hydrogen) atoms. The van der Waals surface area contributed by atoms with Gasteiger partial charge in [-0.25, -0.2) is 0 Å². The van der Waals surface area contributed by atoms with E-state index in [1.807, 2.05) is 0 Å². The Morgan fingerprint density at radius 1 is 1.44 bits per heavy atom. The van der Waals surface area contributed by atoms with Crippen LogP contribution in [0.5, 0.6) is 0 Å². The van der Waals surface area contributed by atoms with Crippen molar-refractivity contribution in [3.63, 3.8) is 0 Å². The highest BCUT2D eigenvalue weighted by Gasteiger charge is 2.43. The number of rotatable bonds is 6. The fourth-order valence-electron chi connectivity index (χ4n) is 1.03. The van der Waals surface area contributed by atoms with Crippen LogP contribution in [0.3, 0.4) is 0 Å². The van der Waals surface area contributed by atoms with Crippen molar-refractivity contribution in [3.8, 4) is 0 Å². The van der Waals surface area contributed by atoms with Crippen molar-refractivity contribution in [2.45, 2.75) is 31.0 Å². The van der Waals surface area contributed by atoms with E-state index in [0.29, 0.717) is 0 Å². The summed E-state index contributed by atoms with van der Waals surface area (Å²) in [4.78, 5) is 21.2. The summed E-state index contributed by atoms with van der Waals surface area (Å²) in [7, 11) is 0. The van der Waals surface area contributed by atoms with Crippen molar-refractivity contribution in [3.05, 3.63) is 0 Å². The van der Waals surface area contributed by atoms with Gasteiger partial charge < -0.3 is 30.8 Å².